The lowest BCUT2D eigenvalue weighted by Crippen LogP contribution is -1.95. The van der Waals surface area contributed by atoms with Crippen LogP contribution in [-0.4, -0.2) is 13.7 Å². The van der Waals surface area contributed by atoms with Crippen LogP contribution in [0.4, 0.5) is 0 Å². The summed E-state index contributed by atoms with van der Waals surface area (Å²) in [5, 5.41) is 0. The molecular weight excluding hydrogens is 148 g/mol. The predicted octanol–water partition coefficient (Wildman–Crippen LogP) is 3.18. The van der Waals surface area contributed by atoms with Gasteiger partial charge in [0.1, 0.15) is 0 Å². The number of hydrogen-bond donors (Lipinski definition) is 0. The minimum Gasteiger partial charge on any atom is -0.380 e. The van der Waals surface area contributed by atoms with E-state index in [1.807, 2.05) is 6.92 Å². The van der Waals surface area contributed by atoms with E-state index in [9.17, 15) is 0 Å². The fourth-order valence-corrected chi connectivity index (χ4v) is 0.834. The molecule has 1 heteroatoms. The highest BCUT2D eigenvalue weighted by Gasteiger charge is 1.97. The van der Waals surface area contributed by atoms with Crippen molar-refractivity contribution >= 4 is 0 Å². The Kier molecular flexibility index (Phi) is 5.73. The quantitative estimate of drug-likeness (QED) is 0.586. The van der Waals surface area contributed by atoms with Crippen LogP contribution in [0.5, 0.6) is 0 Å². The van der Waals surface area contributed by atoms with E-state index in [0.29, 0.717) is 12.5 Å². The van der Waals surface area contributed by atoms with Crippen LogP contribution >= 0.6 is 0 Å². The molecule has 70 valence electrons. The zero-order valence-corrected chi connectivity index (χ0v) is 8.85. The summed E-state index contributed by atoms with van der Waals surface area (Å²) < 4.78 is 5.06. The van der Waals surface area contributed by atoms with Crippen LogP contribution in [0.15, 0.2) is 23.3 Å². The molecule has 0 saturated carbocycles. The zero-order valence-electron chi connectivity index (χ0n) is 8.85. The van der Waals surface area contributed by atoms with E-state index in [0.717, 1.165) is 0 Å². The third-order valence-electron chi connectivity index (χ3n) is 2.01. The largest absolute Gasteiger partial charge is 0.380 e. The Morgan fingerprint density at radius 2 is 2.00 bits per heavy atom. The molecule has 0 aromatic carbocycles. The topological polar surface area (TPSA) is 9.23 Å². The number of methoxy groups -OCH3 is 1. The third-order valence-corrected chi connectivity index (χ3v) is 2.01. The average molecular weight is 168 g/mol. The summed E-state index contributed by atoms with van der Waals surface area (Å²) in [6.45, 7) is 9.31. The normalized spacial score (nSPS) is 14.2. The lowest BCUT2D eigenvalue weighted by Gasteiger charge is -2.06. The van der Waals surface area contributed by atoms with Gasteiger partial charge in [-0.2, -0.15) is 0 Å². The number of rotatable bonds is 4. The van der Waals surface area contributed by atoms with E-state index >= 15 is 0 Å². The highest BCUT2D eigenvalue weighted by atomic mass is 16.5. The number of hydrogen-bond acceptors (Lipinski definition) is 1. The Labute approximate surface area is 76.1 Å². The van der Waals surface area contributed by atoms with Crippen molar-refractivity contribution in [1.82, 2.24) is 0 Å². The van der Waals surface area contributed by atoms with Gasteiger partial charge in [-0.25, -0.2) is 0 Å². The Morgan fingerprint density at radius 1 is 1.42 bits per heavy atom. The molecule has 0 aliphatic carbocycles. The second-order valence-corrected chi connectivity index (χ2v) is 3.34. The summed E-state index contributed by atoms with van der Waals surface area (Å²) in [5.41, 5.74) is 2.66. The number of allylic oxidation sites excluding steroid dienone is 2. The maximum atomic E-state index is 5.06. The van der Waals surface area contributed by atoms with Gasteiger partial charge in [0.05, 0.1) is 6.61 Å². The summed E-state index contributed by atoms with van der Waals surface area (Å²) in [5.74, 6) is 0.622. The Morgan fingerprint density at radius 3 is 2.33 bits per heavy atom. The molecule has 0 atom stereocenters. The predicted molar refractivity (Wildman–Crippen MR) is 54.2 cm³/mol. The van der Waals surface area contributed by atoms with Gasteiger partial charge in [0.25, 0.3) is 0 Å². The Bertz CT molecular complexity index is 175. The van der Waals surface area contributed by atoms with E-state index < -0.39 is 0 Å². The molecule has 0 rings (SSSR count). The van der Waals surface area contributed by atoms with Crippen molar-refractivity contribution in [3.05, 3.63) is 23.3 Å². The molecule has 0 unspecified atom stereocenters. The SMILES string of the molecule is C/C=C(\C=C(/C)C(C)C)COC. The minimum absolute atomic E-state index is 0.622. The van der Waals surface area contributed by atoms with Crippen LogP contribution in [0, 0.1) is 5.92 Å². The molecule has 0 spiro atoms. The molecule has 0 heterocycles. The molecule has 0 fully saturated rings. The van der Waals surface area contributed by atoms with E-state index in [-0.39, 0.29) is 0 Å². The van der Waals surface area contributed by atoms with Crippen molar-refractivity contribution in [2.45, 2.75) is 27.7 Å². The smallest absolute Gasteiger partial charge is 0.0709 e. The second-order valence-electron chi connectivity index (χ2n) is 3.34. The first-order valence-electron chi connectivity index (χ1n) is 4.44. The first kappa shape index (κ1) is 11.4. The van der Waals surface area contributed by atoms with Crippen LogP contribution in [-0.2, 0) is 4.74 Å². The summed E-state index contributed by atoms with van der Waals surface area (Å²) in [6.07, 6.45) is 4.30. The standard InChI is InChI=1S/C11H20O/c1-6-11(8-12-5)7-10(4)9(2)3/h6-7,9H,8H2,1-5H3/b10-7+,11-6+. The van der Waals surface area contributed by atoms with Crippen LogP contribution in [0.3, 0.4) is 0 Å². The highest BCUT2D eigenvalue weighted by molar-refractivity contribution is 5.23. The van der Waals surface area contributed by atoms with Crippen molar-refractivity contribution in [1.29, 1.82) is 0 Å². The molecule has 0 saturated heterocycles. The zero-order chi connectivity index (χ0) is 9.56. The van der Waals surface area contributed by atoms with E-state index in [1.54, 1.807) is 7.11 Å². The van der Waals surface area contributed by atoms with E-state index in [2.05, 4.69) is 32.9 Å². The van der Waals surface area contributed by atoms with Gasteiger partial charge in [0.2, 0.25) is 0 Å². The molecule has 0 bridgehead atoms. The van der Waals surface area contributed by atoms with Crippen LogP contribution in [0.1, 0.15) is 27.7 Å². The molecule has 1 nitrogen and oxygen atoms in total. The minimum atomic E-state index is 0.622. The molecule has 0 aliphatic rings. The van der Waals surface area contributed by atoms with Crippen molar-refractivity contribution in [3.8, 4) is 0 Å². The fraction of sp³-hybridized carbons (Fsp3) is 0.636. The van der Waals surface area contributed by atoms with E-state index in [4.69, 9.17) is 4.74 Å². The molecule has 12 heavy (non-hydrogen) atoms. The summed E-state index contributed by atoms with van der Waals surface area (Å²) in [4.78, 5) is 0. The summed E-state index contributed by atoms with van der Waals surface area (Å²) in [6, 6.07) is 0. The van der Waals surface area contributed by atoms with Gasteiger partial charge in [0, 0.05) is 7.11 Å². The van der Waals surface area contributed by atoms with Crippen molar-refractivity contribution in [3.63, 3.8) is 0 Å². The van der Waals surface area contributed by atoms with Crippen molar-refractivity contribution in [2.75, 3.05) is 13.7 Å². The first-order valence-corrected chi connectivity index (χ1v) is 4.44. The molecule has 0 aromatic heterocycles. The van der Waals surface area contributed by atoms with Crippen LogP contribution in [0.25, 0.3) is 0 Å². The first-order chi connectivity index (χ1) is 5.61. The van der Waals surface area contributed by atoms with Crippen LogP contribution in [0.2, 0.25) is 0 Å². The van der Waals surface area contributed by atoms with Gasteiger partial charge < -0.3 is 4.74 Å². The summed E-state index contributed by atoms with van der Waals surface area (Å²) in [7, 11) is 1.72. The van der Waals surface area contributed by atoms with Gasteiger partial charge in [0.15, 0.2) is 0 Å². The monoisotopic (exact) mass is 168 g/mol. The van der Waals surface area contributed by atoms with Gasteiger partial charge in [-0.15, -0.1) is 0 Å². The van der Waals surface area contributed by atoms with Gasteiger partial charge >= 0.3 is 0 Å². The third kappa shape index (κ3) is 4.35. The van der Waals surface area contributed by atoms with Gasteiger partial charge in [-0.3, -0.25) is 0 Å². The molecule has 0 aromatic rings. The summed E-state index contributed by atoms with van der Waals surface area (Å²) >= 11 is 0. The maximum Gasteiger partial charge on any atom is 0.0709 e. The molecular formula is C11H20O. The lowest BCUT2D eigenvalue weighted by atomic mass is 10.0. The number of ether oxygens (including phenoxy) is 1. The van der Waals surface area contributed by atoms with Gasteiger partial charge in [-0.05, 0) is 25.3 Å². The fourth-order valence-electron chi connectivity index (χ4n) is 0.834. The lowest BCUT2D eigenvalue weighted by molar-refractivity contribution is 0.228. The average Bonchev–Trinajstić information content (AvgIpc) is 2.03. The highest BCUT2D eigenvalue weighted by Crippen LogP contribution is 2.11. The van der Waals surface area contributed by atoms with Crippen LogP contribution < -0.4 is 0 Å². The Balaban J connectivity index is 4.27. The molecule has 0 radical (unpaired) electrons. The van der Waals surface area contributed by atoms with Crippen molar-refractivity contribution in [2.24, 2.45) is 5.92 Å². The Hall–Kier alpha value is -0.560. The van der Waals surface area contributed by atoms with Crippen molar-refractivity contribution < 1.29 is 4.74 Å². The maximum absolute atomic E-state index is 5.06. The second kappa shape index (κ2) is 6.01. The molecule has 0 aliphatic heterocycles. The molecule has 0 amide bonds. The van der Waals surface area contributed by atoms with Gasteiger partial charge in [-0.1, -0.05) is 31.6 Å². The van der Waals surface area contributed by atoms with E-state index in [1.165, 1.54) is 11.1 Å². The molecule has 0 N–H and O–H groups in total.